The summed E-state index contributed by atoms with van der Waals surface area (Å²) in [6.45, 7) is 8.76. The van der Waals surface area contributed by atoms with Gasteiger partial charge in [-0.2, -0.15) is 0 Å². The highest BCUT2D eigenvalue weighted by molar-refractivity contribution is 6.04. The quantitative estimate of drug-likeness (QED) is 0.0816. The number of ketones is 1. The summed E-state index contributed by atoms with van der Waals surface area (Å²) >= 11 is 0. The van der Waals surface area contributed by atoms with Gasteiger partial charge >= 0.3 is 17.9 Å². The first-order valence-electron chi connectivity index (χ1n) is 18.2. The van der Waals surface area contributed by atoms with E-state index in [0.29, 0.717) is 17.6 Å². The van der Waals surface area contributed by atoms with E-state index in [1.807, 2.05) is 13.8 Å². The SMILES string of the molecule is CCCCCCCCCCCCCC(=O)O[C@@H]1[C@@H](C)[C@@]2(O)[C@@H](C=C(CO)C[C@]3(O)C(=O)C(C)=C[C@@H]23)C2C(C)(C)[C@@]21OC(=O)CCC(=O)O. The molecule has 0 aliphatic heterocycles. The van der Waals surface area contributed by atoms with E-state index >= 15 is 0 Å². The molecule has 0 bridgehead atoms. The van der Waals surface area contributed by atoms with E-state index in [2.05, 4.69) is 6.92 Å². The van der Waals surface area contributed by atoms with E-state index in [-0.39, 0.29) is 19.3 Å². The molecule has 0 spiro atoms. The van der Waals surface area contributed by atoms with Crippen LogP contribution in [0.2, 0.25) is 0 Å². The van der Waals surface area contributed by atoms with Gasteiger partial charge in [-0.25, -0.2) is 0 Å². The number of hydrogen-bond donors (Lipinski definition) is 4. The molecule has 0 saturated heterocycles. The number of rotatable bonds is 18. The zero-order valence-electron chi connectivity index (χ0n) is 29.6. The molecule has 48 heavy (non-hydrogen) atoms. The lowest BCUT2D eigenvalue weighted by Gasteiger charge is -2.53. The highest BCUT2D eigenvalue weighted by Gasteiger charge is 2.87. The van der Waals surface area contributed by atoms with E-state index in [9.17, 15) is 39.6 Å². The molecule has 0 aromatic rings. The van der Waals surface area contributed by atoms with Gasteiger partial charge in [-0.1, -0.05) is 104 Å². The molecule has 1 unspecified atom stereocenters. The minimum atomic E-state index is -2.00. The van der Waals surface area contributed by atoms with E-state index in [1.165, 1.54) is 44.9 Å². The number of carboxylic acids is 1. The summed E-state index contributed by atoms with van der Waals surface area (Å²) in [6.07, 6.45) is 13.7. The summed E-state index contributed by atoms with van der Waals surface area (Å²) in [5.74, 6) is -6.30. The van der Waals surface area contributed by atoms with Crippen LogP contribution in [-0.4, -0.2) is 73.6 Å². The fraction of sp³-hybridized carbons (Fsp3) is 0.789. The van der Waals surface area contributed by atoms with Gasteiger partial charge < -0.3 is 29.9 Å². The average Bonchev–Trinajstić information content (AvgIpc) is 3.46. The van der Waals surface area contributed by atoms with Gasteiger partial charge in [0.05, 0.1) is 25.0 Å². The molecule has 10 heteroatoms. The van der Waals surface area contributed by atoms with E-state index in [0.717, 1.165) is 19.3 Å². The topological polar surface area (TPSA) is 168 Å². The predicted molar refractivity (Wildman–Crippen MR) is 179 cm³/mol. The number of Topliss-reactive ketones (excluding diaryl/α,β-unsaturated/α-hetero) is 1. The van der Waals surface area contributed by atoms with Gasteiger partial charge in [0, 0.05) is 41.9 Å². The van der Waals surface area contributed by atoms with E-state index < -0.39 is 88.7 Å². The van der Waals surface area contributed by atoms with Crippen LogP contribution < -0.4 is 0 Å². The van der Waals surface area contributed by atoms with Crippen molar-refractivity contribution in [1.82, 2.24) is 0 Å². The Hall–Kier alpha value is -2.56. The lowest BCUT2D eigenvalue weighted by Crippen LogP contribution is -2.66. The summed E-state index contributed by atoms with van der Waals surface area (Å²) in [7, 11) is 0. The van der Waals surface area contributed by atoms with Crippen molar-refractivity contribution in [1.29, 1.82) is 0 Å². The number of fused-ring (bicyclic) bond motifs is 5. The second-order valence-electron chi connectivity index (χ2n) is 15.5. The highest BCUT2D eigenvalue weighted by atomic mass is 16.6. The van der Waals surface area contributed by atoms with Crippen LogP contribution in [0, 0.1) is 29.1 Å². The molecule has 0 radical (unpaired) electrons. The summed E-state index contributed by atoms with van der Waals surface area (Å²) in [5, 5.41) is 44.2. The van der Waals surface area contributed by atoms with Crippen LogP contribution in [0.1, 0.15) is 131 Å². The van der Waals surface area contributed by atoms with Gasteiger partial charge in [-0.3, -0.25) is 19.2 Å². The molecule has 0 amide bonds. The van der Waals surface area contributed by atoms with Gasteiger partial charge in [0.1, 0.15) is 11.7 Å². The maximum Gasteiger partial charge on any atom is 0.307 e. The van der Waals surface area contributed by atoms with Crippen LogP contribution in [0.5, 0.6) is 0 Å². The van der Waals surface area contributed by atoms with Crippen molar-refractivity contribution in [3.63, 3.8) is 0 Å². The Morgan fingerprint density at radius 2 is 1.46 bits per heavy atom. The van der Waals surface area contributed by atoms with Crippen molar-refractivity contribution in [3.05, 3.63) is 23.3 Å². The second-order valence-corrected chi connectivity index (χ2v) is 15.5. The summed E-state index contributed by atoms with van der Waals surface area (Å²) in [6, 6.07) is 0. The largest absolute Gasteiger partial charge is 0.481 e. The Morgan fingerprint density at radius 3 is 2.02 bits per heavy atom. The molecule has 4 aliphatic carbocycles. The molecule has 4 aliphatic rings. The van der Waals surface area contributed by atoms with E-state index in [4.69, 9.17) is 9.47 Å². The Morgan fingerprint density at radius 1 is 0.875 bits per heavy atom. The number of hydrogen-bond acceptors (Lipinski definition) is 9. The van der Waals surface area contributed by atoms with Crippen molar-refractivity contribution in [2.24, 2.45) is 29.1 Å². The molecule has 10 nitrogen and oxygen atoms in total. The van der Waals surface area contributed by atoms with Crippen LogP contribution >= 0.6 is 0 Å². The molecule has 4 rings (SSSR count). The predicted octanol–water partition coefficient (Wildman–Crippen LogP) is 5.60. The molecule has 0 heterocycles. The van der Waals surface area contributed by atoms with Crippen LogP contribution in [0.15, 0.2) is 23.3 Å². The molecule has 0 aromatic heterocycles. The maximum atomic E-state index is 13.5. The first-order chi connectivity index (χ1) is 22.6. The number of carbonyl (C=O) groups excluding carboxylic acids is 3. The highest BCUT2D eigenvalue weighted by Crippen LogP contribution is 2.77. The summed E-state index contributed by atoms with van der Waals surface area (Å²) in [4.78, 5) is 51.3. The van der Waals surface area contributed by atoms with Crippen molar-refractivity contribution in [2.45, 2.75) is 154 Å². The standard InChI is InChI=1S/C38H58O10/c1-6-7-8-9-10-11-12-13-14-15-16-17-30(42)47-34-25(3)37(46)27(21-26(23-39)22-36(45)28(37)20-24(2)33(36)44)32-35(4,5)38(32,34)48-31(43)19-18-29(40)41/h20-21,25,27-28,32,34,39,45-46H,6-19,22-23H2,1-5H3,(H,40,41)/t25-,27+,28-,32?,34-,36-,37-,38-/m1/s1. The van der Waals surface area contributed by atoms with Crippen LogP contribution in [0.4, 0.5) is 0 Å². The van der Waals surface area contributed by atoms with Gasteiger partial charge in [0.15, 0.2) is 11.4 Å². The average molecular weight is 675 g/mol. The number of carbonyl (C=O) groups is 4. The van der Waals surface area contributed by atoms with Gasteiger partial charge in [0.2, 0.25) is 0 Å². The van der Waals surface area contributed by atoms with Gasteiger partial charge in [-0.15, -0.1) is 0 Å². The minimum absolute atomic E-state index is 0.148. The monoisotopic (exact) mass is 674 g/mol. The van der Waals surface area contributed by atoms with Crippen LogP contribution in [0.3, 0.4) is 0 Å². The molecule has 8 atom stereocenters. The molecular weight excluding hydrogens is 616 g/mol. The third-order valence-electron chi connectivity index (χ3n) is 12.0. The number of carboxylic acid groups (broad SMARTS) is 1. The Balaban J connectivity index is 1.56. The first-order valence-corrected chi connectivity index (χ1v) is 18.2. The number of aliphatic carboxylic acids is 1. The Labute approximate surface area is 285 Å². The first kappa shape index (κ1) is 38.2. The number of esters is 2. The van der Waals surface area contributed by atoms with Crippen molar-refractivity contribution < 1.29 is 49.1 Å². The number of ether oxygens (including phenoxy) is 2. The Kier molecular flexibility index (Phi) is 12.1. The lowest BCUT2D eigenvalue weighted by molar-refractivity contribution is -0.229. The summed E-state index contributed by atoms with van der Waals surface area (Å²) in [5.41, 5.74) is -5.37. The van der Waals surface area contributed by atoms with Crippen molar-refractivity contribution in [3.8, 4) is 0 Å². The van der Waals surface area contributed by atoms with Crippen LogP contribution in [0.25, 0.3) is 0 Å². The third-order valence-corrected chi connectivity index (χ3v) is 12.0. The van der Waals surface area contributed by atoms with E-state index in [1.54, 1.807) is 26.0 Å². The minimum Gasteiger partial charge on any atom is -0.481 e. The summed E-state index contributed by atoms with van der Waals surface area (Å²) < 4.78 is 12.4. The number of aliphatic hydroxyl groups excluding tert-OH is 1. The molecule has 0 aromatic carbocycles. The fourth-order valence-corrected chi connectivity index (χ4v) is 9.41. The Bertz CT molecular complexity index is 1280. The second kappa shape index (κ2) is 15.1. The molecule has 2 fully saturated rings. The molecule has 2 saturated carbocycles. The third kappa shape index (κ3) is 6.91. The zero-order valence-corrected chi connectivity index (χ0v) is 29.6. The van der Waals surface area contributed by atoms with Crippen LogP contribution in [-0.2, 0) is 28.7 Å². The maximum absolute atomic E-state index is 13.5. The fourth-order valence-electron chi connectivity index (χ4n) is 9.41. The number of unbranched alkanes of at least 4 members (excludes halogenated alkanes) is 10. The number of aliphatic hydroxyl groups is 3. The molecular formula is C38H58O10. The zero-order chi connectivity index (χ0) is 35.5. The normalized spacial score (nSPS) is 34.6. The lowest BCUT2D eigenvalue weighted by atomic mass is 9.59. The van der Waals surface area contributed by atoms with Gasteiger partial charge in [0.25, 0.3) is 0 Å². The van der Waals surface area contributed by atoms with Crippen molar-refractivity contribution >= 4 is 23.7 Å². The van der Waals surface area contributed by atoms with Crippen molar-refractivity contribution in [2.75, 3.05) is 6.61 Å². The smallest absolute Gasteiger partial charge is 0.307 e. The van der Waals surface area contributed by atoms with Gasteiger partial charge in [-0.05, 0) is 24.5 Å². The molecule has 4 N–H and O–H groups in total. The molecule has 270 valence electrons.